The highest BCUT2D eigenvalue weighted by Gasteiger charge is 2.45. The van der Waals surface area contributed by atoms with Crippen molar-refractivity contribution in [1.29, 1.82) is 0 Å². The minimum Gasteiger partial charge on any atom is -0.366 e. The van der Waals surface area contributed by atoms with Crippen molar-refractivity contribution in [2.45, 2.75) is 44.3 Å². The van der Waals surface area contributed by atoms with Crippen molar-refractivity contribution in [1.82, 2.24) is 25.5 Å². The van der Waals surface area contributed by atoms with Gasteiger partial charge in [-0.05, 0) is 43.5 Å². The molecular formula is C22H22N6O4. The third kappa shape index (κ3) is 3.52. The average molecular weight is 434 g/mol. The maximum Gasteiger partial charge on any atom is 0.262 e. The first kappa shape index (κ1) is 20.3. The Labute approximate surface area is 183 Å². The highest BCUT2D eigenvalue weighted by molar-refractivity contribution is 6.24. The van der Waals surface area contributed by atoms with E-state index in [1.807, 2.05) is 0 Å². The van der Waals surface area contributed by atoms with Crippen LogP contribution >= 0.6 is 0 Å². The van der Waals surface area contributed by atoms with Crippen molar-refractivity contribution in [2.24, 2.45) is 0 Å². The van der Waals surface area contributed by atoms with Gasteiger partial charge in [0.25, 0.3) is 11.8 Å². The van der Waals surface area contributed by atoms with Gasteiger partial charge in [0.05, 0.1) is 17.2 Å². The summed E-state index contributed by atoms with van der Waals surface area (Å²) < 4.78 is 0. The molecule has 0 spiro atoms. The summed E-state index contributed by atoms with van der Waals surface area (Å²) in [6.07, 6.45) is 3.98. The Hall–Kier alpha value is -3.66. The van der Waals surface area contributed by atoms with Crippen molar-refractivity contribution >= 4 is 29.4 Å². The number of piperidine rings is 1. The number of rotatable bonds is 5. The molecule has 164 valence electrons. The Morgan fingerprint density at radius 1 is 1.09 bits per heavy atom. The number of nitrogens with zero attached hydrogens (tertiary/aromatic N) is 3. The molecular weight excluding hydrogens is 412 g/mol. The summed E-state index contributed by atoms with van der Waals surface area (Å²) in [7, 11) is 0. The van der Waals surface area contributed by atoms with Crippen LogP contribution in [-0.2, 0) is 16.1 Å². The van der Waals surface area contributed by atoms with Gasteiger partial charge in [-0.25, -0.2) is 9.97 Å². The summed E-state index contributed by atoms with van der Waals surface area (Å²) in [4.78, 5) is 59.7. The van der Waals surface area contributed by atoms with E-state index in [4.69, 9.17) is 0 Å². The molecule has 2 atom stereocenters. The van der Waals surface area contributed by atoms with Crippen LogP contribution in [0, 0.1) is 0 Å². The molecule has 4 heterocycles. The topological polar surface area (TPSA) is 133 Å². The van der Waals surface area contributed by atoms with Gasteiger partial charge >= 0.3 is 0 Å². The van der Waals surface area contributed by atoms with E-state index in [-0.39, 0.29) is 36.6 Å². The van der Waals surface area contributed by atoms with E-state index in [2.05, 4.69) is 25.9 Å². The summed E-state index contributed by atoms with van der Waals surface area (Å²) in [6, 6.07) is 5.97. The van der Waals surface area contributed by atoms with Crippen LogP contribution in [0.15, 0.2) is 30.5 Å². The molecule has 32 heavy (non-hydrogen) atoms. The third-order valence-electron chi connectivity index (χ3n) is 6.06. The van der Waals surface area contributed by atoms with Crippen LogP contribution in [0.3, 0.4) is 0 Å². The Morgan fingerprint density at radius 2 is 1.97 bits per heavy atom. The normalized spacial score (nSPS) is 22.8. The van der Waals surface area contributed by atoms with E-state index in [1.54, 1.807) is 30.5 Å². The van der Waals surface area contributed by atoms with Crippen molar-refractivity contribution in [3.05, 3.63) is 53.0 Å². The summed E-state index contributed by atoms with van der Waals surface area (Å²) in [5, 5.41) is 8.79. The van der Waals surface area contributed by atoms with Crippen LogP contribution in [0.25, 0.3) is 0 Å². The molecule has 0 aliphatic carbocycles. The molecule has 0 radical (unpaired) electrons. The number of amides is 4. The minimum absolute atomic E-state index is 0.0874. The molecule has 3 aliphatic heterocycles. The summed E-state index contributed by atoms with van der Waals surface area (Å²) in [6.45, 7) is 1.22. The predicted molar refractivity (Wildman–Crippen MR) is 112 cm³/mol. The maximum absolute atomic E-state index is 13.2. The molecule has 2 aromatic rings. The zero-order valence-corrected chi connectivity index (χ0v) is 17.3. The van der Waals surface area contributed by atoms with Gasteiger partial charge < -0.3 is 10.6 Å². The van der Waals surface area contributed by atoms with E-state index in [9.17, 15) is 19.2 Å². The number of carbonyl (C=O) groups is 4. The van der Waals surface area contributed by atoms with Gasteiger partial charge in [-0.3, -0.25) is 29.4 Å². The average Bonchev–Trinajstić information content (AvgIpc) is 3.41. The van der Waals surface area contributed by atoms with E-state index in [0.29, 0.717) is 11.4 Å². The first-order chi connectivity index (χ1) is 15.5. The number of hydrogen-bond acceptors (Lipinski definition) is 8. The highest BCUT2D eigenvalue weighted by Crippen LogP contribution is 2.30. The lowest BCUT2D eigenvalue weighted by Crippen LogP contribution is -2.54. The van der Waals surface area contributed by atoms with Crippen LogP contribution in [-0.4, -0.2) is 51.1 Å². The van der Waals surface area contributed by atoms with Crippen LogP contribution in [0.4, 0.5) is 5.82 Å². The number of imide groups is 2. The van der Waals surface area contributed by atoms with E-state index < -0.39 is 29.7 Å². The lowest BCUT2D eigenvalue weighted by Gasteiger charge is -2.27. The standard InChI is InChI=1S/C22H22N6O4/c29-17-7-6-15(20(30)27-17)28-21(31)13-4-1-3-12(18(13)22(28)32)11-25-16-8-10-24-19(26-16)14-5-2-9-23-14/h1,3-4,8,10,14-15,23H,2,5-7,9,11H2,(H,24,25,26)(H,27,29,30). The van der Waals surface area contributed by atoms with Gasteiger partial charge in [0, 0.05) is 19.2 Å². The monoisotopic (exact) mass is 434 g/mol. The summed E-state index contributed by atoms with van der Waals surface area (Å²) >= 11 is 0. The Bertz CT molecular complexity index is 1130. The highest BCUT2D eigenvalue weighted by atomic mass is 16.2. The molecule has 2 saturated heterocycles. The molecule has 2 unspecified atom stereocenters. The van der Waals surface area contributed by atoms with Crippen LogP contribution in [0.5, 0.6) is 0 Å². The van der Waals surface area contributed by atoms with Gasteiger partial charge in [-0.15, -0.1) is 0 Å². The first-order valence-corrected chi connectivity index (χ1v) is 10.7. The fourth-order valence-electron chi connectivity index (χ4n) is 4.46. The lowest BCUT2D eigenvalue weighted by atomic mass is 10.0. The summed E-state index contributed by atoms with van der Waals surface area (Å²) in [5.74, 6) is -0.705. The zero-order chi connectivity index (χ0) is 22.2. The molecule has 10 heteroatoms. The van der Waals surface area contributed by atoms with Crippen LogP contribution in [0.1, 0.15) is 63.8 Å². The SMILES string of the molecule is O=C1CCC(N2C(=O)c3cccc(CNc4ccnc(C5CCCN5)n4)c3C2=O)C(=O)N1. The molecule has 1 aromatic carbocycles. The second-order valence-corrected chi connectivity index (χ2v) is 8.09. The maximum atomic E-state index is 13.2. The molecule has 3 N–H and O–H groups in total. The largest absolute Gasteiger partial charge is 0.366 e. The number of aromatic nitrogens is 2. The molecule has 2 fully saturated rings. The number of benzene rings is 1. The van der Waals surface area contributed by atoms with E-state index >= 15 is 0 Å². The van der Waals surface area contributed by atoms with Crippen molar-refractivity contribution in [3.8, 4) is 0 Å². The van der Waals surface area contributed by atoms with Gasteiger partial charge in [0.2, 0.25) is 11.8 Å². The van der Waals surface area contributed by atoms with Crippen molar-refractivity contribution < 1.29 is 19.2 Å². The quantitative estimate of drug-likeness (QED) is 0.592. The first-order valence-electron chi connectivity index (χ1n) is 10.7. The van der Waals surface area contributed by atoms with E-state index in [0.717, 1.165) is 30.1 Å². The fourth-order valence-corrected chi connectivity index (χ4v) is 4.46. The Balaban J connectivity index is 1.36. The number of carbonyl (C=O) groups excluding carboxylic acids is 4. The fraction of sp³-hybridized carbons (Fsp3) is 0.364. The second kappa shape index (κ2) is 8.12. The Kier molecular flexibility index (Phi) is 5.14. The molecule has 4 amide bonds. The molecule has 0 bridgehead atoms. The van der Waals surface area contributed by atoms with E-state index in [1.165, 1.54) is 0 Å². The van der Waals surface area contributed by atoms with Crippen LogP contribution in [0.2, 0.25) is 0 Å². The molecule has 5 rings (SSSR count). The van der Waals surface area contributed by atoms with Crippen LogP contribution < -0.4 is 16.0 Å². The number of anilines is 1. The predicted octanol–water partition coefficient (Wildman–Crippen LogP) is 0.914. The smallest absolute Gasteiger partial charge is 0.262 e. The van der Waals surface area contributed by atoms with Gasteiger partial charge in [0.15, 0.2) is 0 Å². The number of fused-ring (bicyclic) bond motifs is 1. The lowest BCUT2D eigenvalue weighted by molar-refractivity contribution is -0.136. The van der Waals surface area contributed by atoms with Gasteiger partial charge in [-0.2, -0.15) is 0 Å². The molecule has 0 saturated carbocycles. The molecule has 3 aliphatic rings. The van der Waals surface area contributed by atoms with Gasteiger partial charge in [0.1, 0.15) is 17.7 Å². The van der Waals surface area contributed by atoms with Crippen molar-refractivity contribution in [3.63, 3.8) is 0 Å². The molecule has 10 nitrogen and oxygen atoms in total. The zero-order valence-electron chi connectivity index (χ0n) is 17.3. The third-order valence-corrected chi connectivity index (χ3v) is 6.06. The molecule has 1 aromatic heterocycles. The number of hydrogen-bond donors (Lipinski definition) is 3. The second-order valence-electron chi connectivity index (χ2n) is 8.09. The summed E-state index contributed by atoms with van der Waals surface area (Å²) in [5.41, 5.74) is 1.17. The number of nitrogens with one attached hydrogen (secondary N) is 3. The Morgan fingerprint density at radius 3 is 2.75 bits per heavy atom. The van der Waals surface area contributed by atoms with Gasteiger partial charge in [-0.1, -0.05) is 12.1 Å². The minimum atomic E-state index is -0.982. The van der Waals surface area contributed by atoms with Crippen molar-refractivity contribution in [2.75, 3.05) is 11.9 Å².